The van der Waals surface area contributed by atoms with Gasteiger partial charge in [0.2, 0.25) is 0 Å². The minimum absolute atomic E-state index is 1.04. The van der Waals surface area contributed by atoms with E-state index >= 15 is 0 Å². The highest BCUT2D eigenvalue weighted by Crippen LogP contribution is 2.31. The van der Waals surface area contributed by atoms with Crippen LogP contribution < -0.4 is 0 Å². The number of benzene rings is 2. The van der Waals surface area contributed by atoms with Gasteiger partial charge < -0.3 is 0 Å². The molecule has 122 valence electrons. The summed E-state index contributed by atoms with van der Waals surface area (Å²) in [6.07, 6.45) is 4.39. The van der Waals surface area contributed by atoms with Crippen LogP contribution in [0.4, 0.5) is 0 Å². The van der Waals surface area contributed by atoms with Gasteiger partial charge in [0.25, 0.3) is 0 Å². The normalized spacial score (nSPS) is 10.8. The minimum Gasteiger partial charge on any atom is -0.253 e. The van der Waals surface area contributed by atoms with Crippen LogP contribution in [0.15, 0.2) is 66.7 Å². The maximum absolute atomic E-state index is 5.04. The molecule has 1 aromatic heterocycles. The first-order chi connectivity index (χ1) is 11.8. The maximum Gasteiger partial charge on any atom is 0.0711 e. The number of hydrogen-bond donors (Lipinski definition) is 0. The van der Waals surface area contributed by atoms with Crippen LogP contribution in [0.3, 0.4) is 0 Å². The first-order valence-electron chi connectivity index (χ1n) is 8.97. The van der Waals surface area contributed by atoms with Crippen molar-refractivity contribution >= 4 is 0 Å². The second-order valence-electron chi connectivity index (χ2n) is 6.21. The summed E-state index contributed by atoms with van der Waals surface area (Å²) in [5.41, 5.74) is 7.59. The zero-order valence-corrected chi connectivity index (χ0v) is 14.6. The molecule has 0 spiro atoms. The summed E-state index contributed by atoms with van der Waals surface area (Å²) in [5.74, 6) is 0. The van der Waals surface area contributed by atoms with Crippen LogP contribution in [0, 0.1) is 0 Å². The molecular weight excluding hydrogens is 290 g/mol. The minimum atomic E-state index is 1.04. The van der Waals surface area contributed by atoms with Crippen molar-refractivity contribution in [2.24, 2.45) is 0 Å². The fourth-order valence-electron chi connectivity index (χ4n) is 3.23. The molecule has 24 heavy (non-hydrogen) atoms. The quantitative estimate of drug-likeness (QED) is 0.518. The summed E-state index contributed by atoms with van der Waals surface area (Å²) in [6, 6.07) is 23.5. The third kappa shape index (κ3) is 3.56. The van der Waals surface area contributed by atoms with Crippen LogP contribution in [0.1, 0.15) is 37.9 Å². The monoisotopic (exact) mass is 315 g/mol. The van der Waals surface area contributed by atoms with Crippen molar-refractivity contribution in [2.75, 3.05) is 0 Å². The lowest BCUT2D eigenvalue weighted by atomic mass is 9.92. The standard InChI is InChI=1S/C23H25N/c1-3-11-20-21(18-13-7-5-8-14-18)17-23(24-22(20)12-4-2)19-15-9-6-10-16-19/h5-10,13-17H,3-4,11-12H2,1-2H3. The van der Waals surface area contributed by atoms with Crippen LogP contribution in [-0.2, 0) is 12.8 Å². The topological polar surface area (TPSA) is 12.9 Å². The van der Waals surface area contributed by atoms with Crippen LogP contribution >= 0.6 is 0 Å². The molecule has 0 unspecified atom stereocenters. The van der Waals surface area contributed by atoms with Gasteiger partial charge in [-0.25, -0.2) is 0 Å². The van der Waals surface area contributed by atoms with Gasteiger partial charge in [-0.3, -0.25) is 4.98 Å². The molecule has 0 saturated carbocycles. The second kappa shape index (κ2) is 7.92. The van der Waals surface area contributed by atoms with Gasteiger partial charge in [-0.2, -0.15) is 0 Å². The van der Waals surface area contributed by atoms with Crippen molar-refractivity contribution in [1.29, 1.82) is 0 Å². The van der Waals surface area contributed by atoms with Gasteiger partial charge in [-0.15, -0.1) is 0 Å². The first kappa shape index (κ1) is 16.4. The van der Waals surface area contributed by atoms with E-state index in [1.807, 2.05) is 0 Å². The van der Waals surface area contributed by atoms with Crippen molar-refractivity contribution in [3.05, 3.63) is 78.0 Å². The zero-order valence-electron chi connectivity index (χ0n) is 14.6. The molecule has 0 aliphatic heterocycles. The molecule has 3 rings (SSSR count). The van der Waals surface area contributed by atoms with E-state index in [0.717, 1.165) is 31.4 Å². The van der Waals surface area contributed by atoms with E-state index in [9.17, 15) is 0 Å². The predicted octanol–water partition coefficient (Wildman–Crippen LogP) is 6.32. The summed E-state index contributed by atoms with van der Waals surface area (Å²) in [4.78, 5) is 5.04. The van der Waals surface area contributed by atoms with E-state index in [1.165, 1.54) is 27.9 Å². The lowest BCUT2D eigenvalue weighted by molar-refractivity contribution is 0.832. The molecule has 0 aliphatic rings. The molecule has 0 N–H and O–H groups in total. The maximum atomic E-state index is 5.04. The van der Waals surface area contributed by atoms with Crippen molar-refractivity contribution in [3.63, 3.8) is 0 Å². The van der Waals surface area contributed by atoms with Gasteiger partial charge in [-0.1, -0.05) is 87.4 Å². The molecule has 2 aromatic carbocycles. The summed E-state index contributed by atoms with van der Waals surface area (Å²) < 4.78 is 0. The summed E-state index contributed by atoms with van der Waals surface area (Å²) in [7, 11) is 0. The number of rotatable bonds is 6. The fraction of sp³-hybridized carbons (Fsp3) is 0.261. The lowest BCUT2D eigenvalue weighted by Crippen LogP contribution is -2.03. The largest absolute Gasteiger partial charge is 0.253 e. The molecule has 1 nitrogen and oxygen atoms in total. The van der Waals surface area contributed by atoms with Gasteiger partial charge in [-0.05, 0) is 35.6 Å². The van der Waals surface area contributed by atoms with Crippen LogP contribution in [-0.4, -0.2) is 4.98 Å². The number of aromatic nitrogens is 1. The van der Waals surface area contributed by atoms with E-state index in [-0.39, 0.29) is 0 Å². The molecule has 0 bridgehead atoms. The van der Waals surface area contributed by atoms with E-state index in [4.69, 9.17) is 4.98 Å². The lowest BCUT2D eigenvalue weighted by Gasteiger charge is -2.16. The Labute approximate surface area is 145 Å². The van der Waals surface area contributed by atoms with Crippen molar-refractivity contribution in [1.82, 2.24) is 4.98 Å². The number of aryl methyl sites for hydroxylation is 1. The molecular formula is C23H25N. The fourth-order valence-corrected chi connectivity index (χ4v) is 3.23. The Balaban J connectivity index is 2.21. The number of nitrogens with zero attached hydrogens (tertiary/aromatic N) is 1. The third-order valence-electron chi connectivity index (χ3n) is 4.35. The van der Waals surface area contributed by atoms with Crippen molar-refractivity contribution < 1.29 is 0 Å². The van der Waals surface area contributed by atoms with Gasteiger partial charge >= 0.3 is 0 Å². The Morgan fingerprint density at radius 3 is 1.88 bits per heavy atom. The van der Waals surface area contributed by atoms with Gasteiger partial charge in [0.1, 0.15) is 0 Å². The van der Waals surface area contributed by atoms with Gasteiger partial charge in [0.15, 0.2) is 0 Å². The van der Waals surface area contributed by atoms with Crippen LogP contribution in [0.25, 0.3) is 22.4 Å². The molecule has 0 saturated heterocycles. The summed E-state index contributed by atoms with van der Waals surface area (Å²) in [6.45, 7) is 4.48. The summed E-state index contributed by atoms with van der Waals surface area (Å²) in [5, 5.41) is 0. The molecule has 0 radical (unpaired) electrons. The molecule has 0 amide bonds. The summed E-state index contributed by atoms with van der Waals surface area (Å²) >= 11 is 0. The highest BCUT2D eigenvalue weighted by Gasteiger charge is 2.14. The highest BCUT2D eigenvalue weighted by molar-refractivity contribution is 5.74. The Bertz CT molecular complexity index is 776. The molecule has 1 heteroatoms. The average molecular weight is 315 g/mol. The van der Waals surface area contributed by atoms with Crippen LogP contribution in [0.5, 0.6) is 0 Å². The number of hydrogen-bond acceptors (Lipinski definition) is 1. The Morgan fingerprint density at radius 2 is 1.29 bits per heavy atom. The Morgan fingerprint density at radius 1 is 0.708 bits per heavy atom. The predicted molar refractivity (Wildman–Crippen MR) is 103 cm³/mol. The smallest absolute Gasteiger partial charge is 0.0711 e. The molecule has 0 fully saturated rings. The highest BCUT2D eigenvalue weighted by atomic mass is 14.7. The van der Waals surface area contributed by atoms with E-state index < -0.39 is 0 Å². The van der Waals surface area contributed by atoms with Crippen molar-refractivity contribution in [2.45, 2.75) is 39.5 Å². The molecule has 0 atom stereocenters. The van der Waals surface area contributed by atoms with E-state index in [1.54, 1.807) is 0 Å². The SMILES string of the molecule is CCCc1nc(-c2ccccc2)cc(-c2ccccc2)c1CCC. The van der Waals surface area contributed by atoms with Gasteiger partial charge in [0.05, 0.1) is 5.69 Å². The molecule has 0 aliphatic carbocycles. The average Bonchev–Trinajstić information content (AvgIpc) is 2.65. The Hall–Kier alpha value is -2.41. The molecule has 1 heterocycles. The van der Waals surface area contributed by atoms with Gasteiger partial charge in [0, 0.05) is 11.3 Å². The molecule has 3 aromatic rings. The van der Waals surface area contributed by atoms with Crippen molar-refractivity contribution in [3.8, 4) is 22.4 Å². The second-order valence-corrected chi connectivity index (χ2v) is 6.21. The van der Waals surface area contributed by atoms with Crippen LogP contribution in [0.2, 0.25) is 0 Å². The first-order valence-corrected chi connectivity index (χ1v) is 8.97. The number of pyridine rings is 1. The third-order valence-corrected chi connectivity index (χ3v) is 4.35. The van der Waals surface area contributed by atoms with E-state index in [0.29, 0.717) is 0 Å². The zero-order chi connectivity index (χ0) is 16.8. The Kier molecular flexibility index (Phi) is 5.43. The van der Waals surface area contributed by atoms with E-state index in [2.05, 4.69) is 80.6 Å².